The Morgan fingerprint density at radius 2 is 2.32 bits per heavy atom. The van der Waals surface area contributed by atoms with Crippen LogP contribution in [0.2, 0.25) is 0 Å². The standard InChI is InChI=1S/C17H26N4O/c1-20(2)15-6-7-21(11-15)12-17(22)19-10-13-8-14-4-3-5-16(14)18-9-13/h8-9,15H,3-7,10-12H2,1-2H3,(H,19,22)/t15-/m1/s1. The van der Waals surface area contributed by atoms with E-state index in [0.29, 0.717) is 19.1 Å². The molecule has 0 unspecified atom stereocenters. The van der Waals surface area contributed by atoms with Crippen molar-refractivity contribution in [1.82, 2.24) is 20.1 Å². The van der Waals surface area contributed by atoms with Crippen LogP contribution in [0.3, 0.4) is 0 Å². The van der Waals surface area contributed by atoms with E-state index in [0.717, 1.165) is 37.9 Å². The predicted molar refractivity (Wildman–Crippen MR) is 86.6 cm³/mol. The first-order valence-electron chi connectivity index (χ1n) is 8.24. The molecule has 2 aliphatic rings. The summed E-state index contributed by atoms with van der Waals surface area (Å²) in [6.45, 7) is 3.09. The molecule has 5 nitrogen and oxygen atoms in total. The van der Waals surface area contributed by atoms with Gasteiger partial charge in [-0.05, 0) is 50.9 Å². The van der Waals surface area contributed by atoms with Gasteiger partial charge in [0.15, 0.2) is 0 Å². The number of hydrogen-bond donors (Lipinski definition) is 1. The highest BCUT2D eigenvalue weighted by molar-refractivity contribution is 5.78. The quantitative estimate of drug-likeness (QED) is 0.875. The lowest BCUT2D eigenvalue weighted by atomic mass is 10.1. The maximum Gasteiger partial charge on any atom is 0.234 e. The van der Waals surface area contributed by atoms with Gasteiger partial charge in [0.05, 0.1) is 6.54 Å². The Morgan fingerprint density at radius 3 is 3.09 bits per heavy atom. The van der Waals surface area contributed by atoms with Crippen LogP contribution >= 0.6 is 0 Å². The molecule has 1 aromatic rings. The second-order valence-corrected chi connectivity index (χ2v) is 6.72. The number of carbonyl (C=O) groups is 1. The largest absolute Gasteiger partial charge is 0.351 e. The summed E-state index contributed by atoms with van der Waals surface area (Å²) in [5.74, 6) is 0.111. The van der Waals surface area contributed by atoms with Gasteiger partial charge in [-0.25, -0.2) is 0 Å². The monoisotopic (exact) mass is 302 g/mol. The van der Waals surface area contributed by atoms with Crippen LogP contribution in [0, 0.1) is 0 Å². The average Bonchev–Trinajstić information content (AvgIpc) is 3.13. The molecule has 0 bridgehead atoms. The number of amides is 1. The molecule has 1 aromatic heterocycles. The number of nitrogens with zero attached hydrogens (tertiary/aromatic N) is 3. The van der Waals surface area contributed by atoms with E-state index in [9.17, 15) is 4.79 Å². The molecule has 1 fully saturated rings. The first-order valence-corrected chi connectivity index (χ1v) is 8.24. The van der Waals surface area contributed by atoms with E-state index in [1.54, 1.807) is 0 Å². The Bertz CT molecular complexity index is 543. The van der Waals surface area contributed by atoms with Crippen LogP contribution in [0.25, 0.3) is 0 Å². The van der Waals surface area contributed by atoms with Gasteiger partial charge in [0, 0.05) is 37.6 Å². The predicted octanol–water partition coefficient (Wildman–Crippen LogP) is 0.822. The van der Waals surface area contributed by atoms with E-state index in [-0.39, 0.29) is 5.91 Å². The van der Waals surface area contributed by atoms with Crippen LogP contribution in [0.15, 0.2) is 12.3 Å². The maximum atomic E-state index is 12.1. The summed E-state index contributed by atoms with van der Waals surface area (Å²) in [5.41, 5.74) is 3.71. The molecular weight excluding hydrogens is 276 g/mol. The van der Waals surface area contributed by atoms with E-state index in [2.05, 4.69) is 40.3 Å². The van der Waals surface area contributed by atoms with Crippen molar-refractivity contribution >= 4 is 5.91 Å². The third-order valence-corrected chi connectivity index (χ3v) is 4.81. The van der Waals surface area contributed by atoms with Gasteiger partial charge >= 0.3 is 0 Å². The summed E-state index contributed by atoms with van der Waals surface area (Å²) < 4.78 is 0. The number of likely N-dealkylation sites (N-methyl/N-ethyl adjacent to an activating group) is 1. The van der Waals surface area contributed by atoms with Crippen molar-refractivity contribution in [3.8, 4) is 0 Å². The van der Waals surface area contributed by atoms with Crippen LogP contribution in [-0.2, 0) is 24.2 Å². The Hall–Kier alpha value is -1.46. The number of nitrogens with one attached hydrogen (secondary N) is 1. The molecule has 0 spiro atoms. The molecule has 1 aliphatic heterocycles. The summed E-state index contributed by atoms with van der Waals surface area (Å²) in [5, 5.41) is 3.03. The highest BCUT2D eigenvalue weighted by atomic mass is 16.2. The third kappa shape index (κ3) is 3.65. The van der Waals surface area contributed by atoms with E-state index in [4.69, 9.17) is 0 Å². The molecule has 1 amide bonds. The minimum Gasteiger partial charge on any atom is -0.351 e. The van der Waals surface area contributed by atoms with Crippen LogP contribution in [0.1, 0.15) is 29.7 Å². The maximum absolute atomic E-state index is 12.1. The van der Waals surface area contributed by atoms with Crippen molar-refractivity contribution in [2.24, 2.45) is 0 Å². The van der Waals surface area contributed by atoms with Crippen LogP contribution in [-0.4, -0.2) is 60.5 Å². The molecule has 5 heteroatoms. The topological polar surface area (TPSA) is 48.5 Å². The van der Waals surface area contributed by atoms with Gasteiger partial charge < -0.3 is 10.2 Å². The van der Waals surface area contributed by atoms with E-state index >= 15 is 0 Å². The van der Waals surface area contributed by atoms with Gasteiger partial charge in [-0.15, -0.1) is 0 Å². The number of rotatable bonds is 5. The van der Waals surface area contributed by atoms with Crippen molar-refractivity contribution in [3.63, 3.8) is 0 Å². The molecule has 3 rings (SSSR count). The number of hydrogen-bond acceptors (Lipinski definition) is 4. The van der Waals surface area contributed by atoms with Gasteiger partial charge in [0.1, 0.15) is 0 Å². The molecule has 0 aromatic carbocycles. The van der Waals surface area contributed by atoms with Crippen molar-refractivity contribution < 1.29 is 4.79 Å². The molecule has 1 aliphatic carbocycles. The zero-order chi connectivity index (χ0) is 15.5. The summed E-state index contributed by atoms with van der Waals surface area (Å²) in [6.07, 6.45) is 6.49. The minimum atomic E-state index is 0.111. The second kappa shape index (κ2) is 6.75. The van der Waals surface area contributed by atoms with E-state index in [1.807, 2.05) is 6.20 Å². The number of aromatic nitrogens is 1. The first-order chi connectivity index (χ1) is 10.6. The summed E-state index contributed by atoms with van der Waals surface area (Å²) >= 11 is 0. The fourth-order valence-electron chi connectivity index (χ4n) is 3.41. The summed E-state index contributed by atoms with van der Waals surface area (Å²) in [4.78, 5) is 21.1. The number of carbonyl (C=O) groups excluding carboxylic acids is 1. The van der Waals surface area contributed by atoms with Crippen molar-refractivity contribution in [3.05, 3.63) is 29.1 Å². The molecule has 2 heterocycles. The van der Waals surface area contributed by atoms with Crippen molar-refractivity contribution in [2.45, 2.75) is 38.3 Å². The molecule has 120 valence electrons. The van der Waals surface area contributed by atoms with Crippen LogP contribution in [0.5, 0.6) is 0 Å². The lowest BCUT2D eigenvalue weighted by molar-refractivity contribution is -0.122. The fraction of sp³-hybridized carbons (Fsp3) is 0.647. The molecule has 0 saturated carbocycles. The zero-order valence-corrected chi connectivity index (χ0v) is 13.6. The second-order valence-electron chi connectivity index (χ2n) is 6.72. The zero-order valence-electron chi connectivity index (χ0n) is 13.6. The van der Waals surface area contributed by atoms with E-state index < -0.39 is 0 Å². The first kappa shape index (κ1) is 15.4. The average molecular weight is 302 g/mol. The number of aryl methyl sites for hydroxylation is 2. The van der Waals surface area contributed by atoms with Gasteiger partial charge in [0.2, 0.25) is 5.91 Å². The number of likely N-dealkylation sites (tertiary alicyclic amines) is 1. The molecule has 0 radical (unpaired) electrons. The third-order valence-electron chi connectivity index (χ3n) is 4.81. The Kier molecular flexibility index (Phi) is 4.74. The molecule has 1 atom stereocenters. The smallest absolute Gasteiger partial charge is 0.234 e. The minimum absolute atomic E-state index is 0.111. The highest BCUT2D eigenvalue weighted by Gasteiger charge is 2.25. The number of pyridine rings is 1. The summed E-state index contributed by atoms with van der Waals surface area (Å²) in [6, 6.07) is 2.78. The molecule has 1 saturated heterocycles. The Balaban J connectivity index is 1.45. The highest BCUT2D eigenvalue weighted by Crippen LogP contribution is 2.20. The van der Waals surface area contributed by atoms with Gasteiger partial charge in [-0.2, -0.15) is 0 Å². The fourth-order valence-corrected chi connectivity index (χ4v) is 3.41. The SMILES string of the molecule is CN(C)[C@@H]1CCN(CC(=O)NCc2cnc3c(c2)CCC3)C1. The van der Waals surface area contributed by atoms with Crippen LogP contribution < -0.4 is 5.32 Å². The number of fused-ring (bicyclic) bond motifs is 1. The normalized spacial score (nSPS) is 21.3. The molecular formula is C17H26N4O. The lowest BCUT2D eigenvalue weighted by Crippen LogP contribution is -2.38. The summed E-state index contributed by atoms with van der Waals surface area (Å²) in [7, 11) is 4.21. The van der Waals surface area contributed by atoms with Crippen molar-refractivity contribution in [2.75, 3.05) is 33.7 Å². The van der Waals surface area contributed by atoms with Crippen LogP contribution in [0.4, 0.5) is 0 Å². The molecule has 22 heavy (non-hydrogen) atoms. The lowest BCUT2D eigenvalue weighted by Gasteiger charge is -2.20. The Morgan fingerprint density at radius 1 is 1.45 bits per heavy atom. The van der Waals surface area contributed by atoms with Gasteiger partial charge in [-0.3, -0.25) is 14.7 Å². The molecule has 1 N–H and O–H groups in total. The van der Waals surface area contributed by atoms with Gasteiger partial charge in [-0.1, -0.05) is 6.07 Å². The van der Waals surface area contributed by atoms with Crippen molar-refractivity contribution in [1.29, 1.82) is 0 Å². The van der Waals surface area contributed by atoms with Gasteiger partial charge in [0.25, 0.3) is 0 Å². The Labute approximate surface area is 132 Å². The van der Waals surface area contributed by atoms with E-state index in [1.165, 1.54) is 17.7 Å².